The number of carboxylic acid groups (broad SMARTS) is 1. The molecule has 1 aromatic heterocycles. The molecule has 0 aromatic carbocycles. The maximum absolute atomic E-state index is 10.9. The molecule has 1 unspecified atom stereocenters. The molecule has 0 aliphatic carbocycles. The normalized spacial score (nSPS) is 12.2. The summed E-state index contributed by atoms with van der Waals surface area (Å²) in [6.07, 6.45) is -0.686. The number of aromatic nitrogens is 1. The van der Waals surface area contributed by atoms with Gasteiger partial charge in [0.25, 0.3) is 0 Å². The molecule has 0 fully saturated rings. The molecule has 0 amide bonds. The second kappa shape index (κ2) is 6.53. The van der Waals surface area contributed by atoms with Crippen LogP contribution in [0.15, 0.2) is 12.1 Å². The van der Waals surface area contributed by atoms with Crippen molar-refractivity contribution in [1.82, 2.24) is 4.98 Å². The molecule has 0 saturated heterocycles. The summed E-state index contributed by atoms with van der Waals surface area (Å²) in [6, 6.07) is 2.67. The summed E-state index contributed by atoms with van der Waals surface area (Å²) < 4.78 is 4.81. The van der Waals surface area contributed by atoms with Gasteiger partial charge in [-0.15, -0.1) is 0 Å². The smallest absolute Gasteiger partial charge is 0.335 e. The molecule has 6 nitrogen and oxygen atoms in total. The summed E-state index contributed by atoms with van der Waals surface area (Å²) in [4.78, 5) is 16.5. The van der Waals surface area contributed by atoms with E-state index < -0.39 is 12.1 Å². The van der Waals surface area contributed by atoms with Gasteiger partial charge in [-0.3, -0.25) is 0 Å². The lowest BCUT2D eigenvalue weighted by atomic mass is 10.2. The van der Waals surface area contributed by atoms with Gasteiger partial charge in [0.2, 0.25) is 0 Å². The van der Waals surface area contributed by atoms with Gasteiger partial charge in [0.05, 0.1) is 18.3 Å². The number of carboxylic acids is 1. The molecule has 0 aliphatic heterocycles. The first-order chi connectivity index (χ1) is 8.43. The van der Waals surface area contributed by atoms with E-state index in [9.17, 15) is 9.90 Å². The summed E-state index contributed by atoms with van der Waals surface area (Å²) in [5, 5.41) is 18.6. The van der Waals surface area contributed by atoms with Crippen LogP contribution in [0.25, 0.3) is 0 Å². The van der Waals surface area contributed by atoms with E-state index in [2.05, 4.69) is 4.98 Å². The minimum Gasteiger partial charge on any atom is -0.478 e. The largest absolute Gasteiger partial charge is 0.478 e. The molecule has 100 valence electrons. The van der Waals surface area contributed by atoms with E-state index in [0.29, 0.717) is 5.82 Å². The summed E-state index contributed by atoms with van der Waals surface area (Å²) in [5.74, 6) is -0.693. The van der Waals surface area contributed by atoms with E-state index in [1.54, 1.807) is 11.9 Å². The second-order valence-corrected chi connectivity index (χ2v) is 4.22. The van der Waals surface area contributed by atoms with Crippen molar-refractivity contribution in [2.24, 2.45) is 0 Å². The number of aliphatic hydroxyl groups excluding tert-OH is 1. The Morgan fingerprint density at radius 3 is 2.83 bits per heavy atom. The maximum atomic E-state index is 10.9. The highest BCUT2D eigenvalue weighted by Gasteiger charge is 2.13. The lowest BCUT2D eigenvalue weighted by molar-refractivity contribution is 0.0694. The molecular weight excluding hydrogens is 260 g/mol. The molecule has 0 bridgehead atoms. The number of ether oxygens (including phenoxy) is 1. The summed E-state index contributed by atoms with van der Waals surface area (Å²) in [6.45, 7) is 0.455. The molecule has 1 atom stereocenters. The van der Waals surface area contributed by atoms with Crippen molar-refractivity contribution in [3.8, 4) is 0 Å². The Hall–Kier alpha value is -1.37. The monoisotopic (exact) mass is 274 g/mol. The van der Waals surface area contributed by atoms with Crippen LogP contribution in [0.1, 0.15) is 10.4 Å². The Balaban J connectivity index is 2.85. The van der Waals surface area contributed by atoms with Gasteiger partial charge in [0, 0.05) is 20.7 Å². The number of anilines is 1. The highest BCUT2D eigenvalue weighted by molar-refractivity contribution is 6.29. The Labute approximate surface area is 110 Å². The number of aliphatic hydroxyl groups is 1. The number of methoxy groups -OCH3 is 1. The summed E-state index contributed by atoms with van der Waals surface area (Å²) in [7, 11) is 3.17. The van der Waals surface area contributed by atoms with Crippen molar-refractivity contribution in [1.29, 1.82) is 0 Å². The SMILES string of the molecule is COCC(O)CN(C)c1cc(C(=O)O)cc(Cl)n1. The Bertz CT molecular complexity index is 428. The summed E-state index contributed by atoms with van der Waals surface area (Å²) >= 11 is 5.75. The van der Waals surface area contributed by atoms with E-state index in [1.165, 1.54) is 19.2 Å². The highest BCUT2D eigenvalue weighted by Crippen LogP contribution is 2.17. The first kappa shape index (κ1) is 14.7. The van der Waals surface area contributed by atoms with Crippen LogP contribution in [0.2, 0.25) is 5.15 Å². The van der Waals surface area contributed by atoms with Crippen molar-refractivity contribution < 1.29 is 19.7 Å². The number of hydrogen-bond donors (Lipinski definition) is 2. The number of aromatic carboxylic acids is 1. The molecule has 1 aromatic rings. The molecule has 0 radical (unpaired) electrons. The molecule has 0 saturated carbocycles. The Morgan fingerprint density at radius 2 is 2.28 bits per heavy atom. The number of nitrogens with zero attached hydrogens (tertiary/aromatic N) is 2. The van der Waals surface area contributed by atoms with Gasteiger partial charge in [0.15, 0.2) is 0 Å². The number of carbonyl (C=O) groups is 1. The predicted octanol–water partition coefficient (Wildman–Crippen LogP) is 0.877. The van der Waals surface area contributed by atoms with Gasteiger partial charge in [-0.05, 0) is 12.1 Å². The van der Waals surface area contributed by atoms with Gasteiger partial charge in [-0.25, -0.2) is 9.78 Å². The van der Waals surface area contributed by atoms with Gasteiger partial charge in [-0.1, -0.05) is 11.6 Å². The van der Waals surface area contributed by atoms with Crippen LogP contribution in [0, 0.1) is 0 Å². The second-order valence-electron chi connectivity index (χ2n) is 3.83. The number of likely N-dealkylation sites (N-methyl/N-ethyl adjacent to an activating group) is 1. The van der Waals surface area contributed by atoms with Crippen LogP contribution in [-0.4, -0.2) is 54.6 Å². The zero-order valence-corrected chi connectivity index (χ0v) is 10.9. The number of pyridine rings is 1. The van der Waals surface area contributed by atoms with Crippen LogP contribution < -0.4 is 4.90 Å². The Kier molecular flexibility index (Phi) is 5.33. The zero-order valence-electron chi connectivity index (χ0n) is 10.1. The van der Waals surface area contributed by atoms with E-state index in [0.717, 1.165) is 0 Å². The van der Waals surface area contributed by atoms with Gasteiger partial charge >= 0.3 is 5.97 Å². The molecule has 18 heavy (non-hydrogen) atoms. The fourth-order valence-corrected chi connectivity index (χ4v) is 1.66. The third-order valence-corrected chi connectivity index (χ3v) is 2.46. The van der Waals surface area contributed by atoms with Gasteiger partial charge in [0.1, 0.15) is 11.0 Å². The fraction of sp³-hybridized carbons (Fsp3) is 0.455. The molecule has 2 N–H and O–H groups in total. The molecule has 1 rings (SSSR count). The maximum Gasteiger partial charge on any atom is 0.335 e. The van der Waals surface area contributed by atoms with Crippen molar-refractivity contribution in [2.45, 2.75) is 6.10 Å². The fourth-order valence-electron chi connectivity index (χ4n) is 1.46. The molecule has 1 heterocycles. The van der Waals surface area contributed by atoms with Crippen LogP contribution >= 0.6 is 11.6 Å². The van der Waals surface area contributed by atoms with Crippen molar-refractivity contribution in [2.75, 3.05) is 32.2 Å². The average Bonchev–Trinajstić information content (AvgIpc) is 2.28. The van der Waals surface area contributed by atoms with Crippen LogP contribution in [0.4, 0.5) is 5.82 Å². The first-order valence-electron chi connectivity index (χ1n) is 5.23. The molecule has 0 spiro atoms. The third kappa shape index (κ3) is 4.14. The lowest BCUT2D eigenvalue weighted by Gasteiger charge is -2.21. The zero-order chi connectivity index (χ0) is 13.7. The summed E-state index contributed by atoms with van der Waals surface area (Å²) in [5.41, 5.74) is 0.0538. The van der Waals surface area contributed by atoms with E-state index in [4.69, 9.17) is 21.4 Å². The predicted molar refractivity (Wildman–Crippen MR) is 67.4 cm³/mol. The van der Waals surface area contributed by atoms with E-state index >= 15 is 0 Å². The van der Waals surface area contributed by atoms with Crippen molar-refractivity contribution in [3.05, 3.63) is 22.8 Å². The third-order valence-electron chi connectivity index (χ3n) is 2.26. The molecular formula is C11H15ClN2O4. The quantitative estimate of drug-likeness (QED) is 0.749. The van der Waals surface area contributed by atoms with E-state index in [1.807, 2.05) is 0 Å². The molecule has 0 aliphatic rings. The minimum atomic E-state index is -1.08. The van der Waals surface area contributed by atoms with Crippen molar-refractivity contribution in [3.63, 3.8) is 0 Å². The van der Waals surface area contributed by atoms with E-state index in [-0.39, 0.29) is 23.9 Å². The topological polar surface area (TPSA) is 82.9 Å². The average molecular weight is 275 g/mol. The number of rotatable bonds is 6. The standard InChI is InChI=1S/C11H15ClN2O4/c1-14(5-8(15)6-18-2)10-4-7(11(16)17)3-9(12)13-10/h3-4,8,15H,5-6H2,1-2H3,(H,16,17). The number of halogens is 1. The minimum absolute atomic E-state index is 0.0538. The molecule has 7 heteroatoms. The Morgan fingerprint density at radius 1 is 1.61 bits per heavy atom. The number of hydrogen-bond acceptors (Lipinski definition) is 5. The van der Waals surface area contributed by atoms with Gasteiger partial charge < -0.3 is 19.8 Å². The van der Waals surface area contributed by atoms with Crippen LogP contribution in [-0.2, 0) is 4.74 Å². The highest BCUT2D eigenvalue weighted by atomic mass is 35.5. The van der Waals surface area contributed by atoms with Gasteiger partial charge in [-0.2, -0.15) is 0 Å². The van der Waals surface area contributed by atoms with Crippen molar-refractivity contribution >= 4 is 23.4 Å². The van der Waals surface area contributed by atoms with Crippen LogP contribution in [0.5, 0.6) is 0 Å². The first-order valence-corrected chi connectivity index (χ1v) is 5.61. The van der Waals surface area contributed by atoms with Crippen LogP contribution in [0.3, 0.4) is 0 Å². The lowest BCUT2D eigenvalue weighted by Crippen LogP contribution is -2.32.